The van der Waals surface area contributed by atoms with Crippen molar-refractivity contribution in [1.82, 2.24) is 15.3 Å². The van der Waals surface area contributed by atoms with Crippen molar-refractivity contribution in [1.29, 1.82) is 0 Å². The van der Waals surface area contributed by atoms with Gasteiger partial charge in [-0.1, -0.05) is 13.8 Å². The number of nitrogens with one attached hydrogen (secondary N) is 2. The van der Waals surface area contributed by atoms with E-state index in [-0.39, 0.29) is 0 Å². The number of aromatic nitrogens is 2. The van der Waals surface area contributed by atoms with Crippen molar-refractivity contribution in [3.8, 4) is 11.3 Å². The number of aromatic amines is 1. The first-order chi connectivity index (χ1) is 7.75. The van der Waals surface area contributed by atoms with E-state index in [0.717, 1.165) is 24.5 Å². The lowest BCUT2D eigenvalue weighted by atomic mass is 10.3. The molecule has 0 amide bonds. The van der Waals surface area contributed by atoms with Crippen molar-refractivity contribution < 1.29 is 0 Å². The van der Waals surface area contributed by atoms with Crippen LogP contribution in [0.1, 0.15) is 19.7 Å². The zero-order valence-electron chi connectivity index (χ0n) is 9.66. The van der Waals surface area contributed by atoms with Gasteiger partial charge < -0.3 is 10.3 Å². The van der Waals surface area contributed by atoms with Crippen LogP contribution in [0.5, 0.6) is 0 Å². The zero-order chi connectivity index (χ0) is 11.4. The first-order valence-electron chi connectivity index (χ1n) is 5.55. The van der Waals surface area contributed by atoms with Crippen LogP contribution in [0.4, 0.5) is 0 Å². The Morgan fingerprint density at radius 3 is 3.06 bits per heavy atom. The van der Waals surface area contributed by atoms with E-state index < -0.39 is 0 Å². The van der Waals surface area contributed by atoms with E-state index in [1.807, 2.05) is 6.20 Å². The number of hydrogen-bond acceptors (Lipinski definition) is 3. The van der Waals surface area contributed by atoms with Crippen molar-refractivity contribution in [2.45, 2.75) is 26.3 Å². The van der Waals surface area contributed by atoms with Crippen LogP contribution in [0.25, 0.3) is 11.3 Å². The van der Waals surface area contributed by atoms with E-state index in [1.54, 1.807) is 11.3 Å². The minimum Gasteiger partial charge on any atom is -0.342 e. The van der Waals surface area contributed by atoms with E-state index in [2.05, 4.69) is 46.0 Å². The van der Waals surface area contributed by atoms with Gasteiger partial charge in [-0.3, -0.25) is 0 Å². The van der Waals surface area contributed by atoms with Crippen LogP contribution in [-0.4, -0.2) is 22.6 Å². The molecule has 0 spiro atoms. The molecule has 3 nitrogen and oxygen atoms in total. The maximum Gasteiger partial charge on any atom is 0.107 e. The van der Waals surface area contributed by atoms with Crippen molar-refractivity contribution >= 4 is 11.3 Å². The highest BCUT2D eigenvalue weighted by Gasteiger charge is 2.03. The number of imidazole rings is 1. The minimum absolute atomic E-state index is 0.534. The van der Waals surface area contributed by atoms with Gasteiger partial charge in [0.05, 0.1) is 11.9 Å². The van der Waals surface area contributed by atoms with Crippen LogP contribution < -0.4 is 5.32 Å². The van der Waals surface area contributed by atoms with Gasteiger partial charge in [-0.2, -0.15) is 11.3 Å². The Balaban J connectivity index is 1.93. The fraction of sp³-hybridized carbons (Fsp3) is 0.417. The van der Waals surface area contributed by atoms with Crippen LogP contribution in [0, 0.1) is 0 Å². The highest BCUT2D eigenvalue weighted by molar-refractivity contribution is 7.08. The molecule has 2 aromatic rings. The van der Waals surface area contributed by atoms with Gasteiger partial charge in [0.2, 0.25) is 0 Å². The molecule has 2 heterocycles. The SMILES string of the molecule is CC(C)NCCc1ncc(-c2ccsc2)[nH]1. The smallest absolute Gasteiger partial charge is 0.107 e. The van der Waals surface area contributed by atoms with Gasteiger partial charge in [0.1, 0.15) is 5.82 Å². The second kappa shape index (κ2) is 5.27. The number of thiophene rings is 1. The molecule has 0 aliphatic rings. The summed E-state index contributed by atoms with van der Waals surface area (Å²) >= 11 is 1.71. The normalized spacial score (nSPS) is 11.2. The summed E-state index contributed by atoms with van der Waals surface area (Å²) in [7, 11) is 0. The standard InChI is InChI=1S/C12H17N3S/c1-9(2)13-5-3-12-14-7-11(15-12)10-4-6-16-8-10/h4,6-9,13H,3,5H2,1-2H3,(H,14,15). The third kappa shape index (κ3) is 2.93. The molecular formula is C12H17N3S. The van der Waals surface area contributed by atoms with Crippen LogP contribution in [-0.2, 0) is 6.42 Å². The fourth-order valence-corrected chi connectivity index (χ4v) is 2.19. The molecule has 4 heteroatoms. The number of hydrogen-bond donors (Lipinski definition) is 2. The van der Waals surface area contributed by atoms with Crippen LogP contribution in [0.3, 0.4) is 0 Å². The van der Waals surface area contributed by atoms with Crippen molar-refractivity contribution in [3.63, 3.8) is 0 Å². The average molecular weight is 235 g/mol. The average Bonchev–Trinajstić information content (AvgIpc) is 2.85. The summed E-state index contributed by atoms with van der Waals surface area (Å²) < 4.78 is 0. The molecule has 0 bridgehead atoms. The summed E-state index contributed by atoms with van der Waals surface area (Å²) in [5, 5.41) is 7.59. The lowest BCUT2D eigenvalue weighted by Gasteiger charge is -2.05. The molecular weight excluding hydrogens is 218 g/mol. The summed E-state index contributed by atoms with van der Waals surface area (Å²) in [6.45, 7) is 5.27. The molecule has 0 saturated heterocycles. The Morgan fingerprint density at radius 2 is 2.38 bits per heavy atom. The first kappa shape index (κ1) is 11.4. The predicted octanol–water partition coefficient (Wildman–Crippen LogP) is 2.68. The van der Waals surface area contributed by atoms with Crippen molar-refractivity contribution in [3.05, 3.63) is 28.8 Å². The molecule has 0 saturated carbocycles. The number of nitrogens with zero attached hydrogens (tertiary/aromatic N) is 1. The van der Waals surface area contributed by atoms with Gasteiger partial charge in [0, 0.05) is 30.0 Å². The summed E-state index contributed by atoms with van der Waals surface area (Å²) in [5.41, 5.74) is 2.33. The summed E-state index contributed by atoms with van der Waals surface area (Å²) in [4.78, 5) is 7.72. The molecule has 0 atom stereocenters. The van der Waals surface area contributed by atoms with Gasteiger partial charge in [0.15, 0.2) is 0 Å². The second-order valence-corrected chi connectivity index (χ2v) is 4.89. The molecule has 2 N–H and O–H groups in total. The molecule has 2 rings (SSSR count). The maximum absolute atomic E-state index is 4.38. The topological polar surface area (TPSA) is 40.7 Å². The quantitative estimate of drug-likeness (QED) is 0.836. The predicted molar refractivity (Wildman–Crippen MR) is 68.7 cm³/mol. The van der Waals surface area contributed by atoms with E-state index in [1.165, 1.54) is 5.56 Å². The lowest BCUT2D eigenvalue weighted by molar-refractivity contribution is 0.584. The maximum atomic E-state index is 4.38. The summed E-state index contributed by atoms with van der Waals surface area (Å²) in [6, 6.07) is 2.64. The highest BCUT2D eigenvalue weighted by Crippen LogP contribution is 2.19. The largest absolute Gasteiger partial charge is 0.342 e. The van der Waals surface area contributed by atoms with E-state index >= 15 is 0 Å². The molecule has 0 aliphatic heterocycles. The van der Waals surface area contributed by atoms with Gasteiger partial charge in [-0.25, -0.2) is 4.98 Å². The minimum atomic E-state index is 0.534. The van der Waals surface area contributed by atoms with Crippen LogP contribution in [0.2, 0.25) is 0 Å². The second-order valence-electron chi connectivity index (χ2n) is 4.11. The fourth-order valence-electron chi connectivity index (χ4n) is 1.53. The molecule has 0 aromatic carbocycles. The van der Waals surface area contributed by atoms with E-state index in [0.29, 0.717) is 6.04 Å². The molecule has 16 heavy (non-hydrogen) atoms. The first-order valence-corrected chi connectivity index (χ1v) is 6.50. The summed E-state index contributed by atoms with van der Waals surface area (Å²) in [6.07, 6.45) is 2.86. The Bertz CT molecular complexity index is 417. The van der Waals surface area contributed by atoms with E-state index in [9.17, 15) is 0 Å². The molecule has 2 aromatic heterocycles. The zero-order valence-corrected chi connectivity index (χ0v) is 10.5. The number of H-pyrrole nitrogens is 1. The lowest BCUT2D eigenvalue weighted by Crippen LogP contribution is -2.25. The molecule has 0 fully saturated rings. The van der Waals surface area contributed by atoms with Gasteiger partial charge in [-0.05, 0) is 11.4 Å². The Morgan fingerprint density at radius 1 is 1.50 bits per heavy atom. The third-order valence-corrected chi connectivity index (χ3v) is 3.06. The molecule has 0 radical (unpaired) electrons. The molecule has 86 valence electrons. The summed E-state index contributed by atoms with van der Waals surface area (Å²) in [5.74, 6) is 1.05. The molecule has 0 unspecified atom stereocenters. The van der Waals surface area contributed by atoms with Gasteiger partial charge in [0.25, 0.3) is 0 Å². The monoisotopic (exact) mass is 235 g/mol. The third-order valence-electron chi connectivity index (χ3n) is 2.38. The van der Waals surface area contributed by atoms with Gasteiger partial charge >= 0.3 is 0 Å². The Labute approximate surface area is 99.9 Å². The Hall–Kier alpha value is -1.13. The van der Waals surface area contributed by atoms with Crippen LogP contribution >= 0.6 is 11.3 Å². The highest BCUT2D eigenvalue weighted by atomic mass is 32.1. The Kier molecular flexibility index (Phi) is 3.74. The van der Waals surface area contributed by atoms with Crippen molar-refractivity contribution in [2.24, 2.45) is 0 Å². The van der Waals surface area contributed by atoms with Crippen molar-refractivity contribution in [2.75, 3.05) is 6.54 Å². The number of rotatable bonds is 5. The van der Waals surface area contributed by atoms with E-state index in [4.69, 9.17) is 0 Å². The molecule has 0 aliphatic carbocycles. The van der Waals surface area contributed by atoms with Gasteiger partial charge in [-0.15, -0.1) is 0 Å². The van der Waals surface area contributed by atoms with Crippen LogP contribution in [0.15, 0.2) is 23.0 Å².